The molecule has 1 N–H and O–H groups in total. The Morgan fingerprint density at radius 1 is 1.37 bits per heavy atom. The van der Waals surface area contributed by atoms with Gasteiger partial charge in [0.1, 0.15) is 17.6 Å². The van der Waals surface area contributed by atoms with Crippen LogP contribution in [0.1, 0.15) is 37.8 Å². The number of hydrogen-bond donors (Lipinski definition) is 1. The molecule has 2 rings (SSSR count). The molecular formula is C16H25NO2. The van der Waals surface area contributed by atoms with Gasteiger partial charge in [0.15, 0.2) is 0 Å². The minimum absolute atomic E-state index is 0.295. The van der Waals surface area contributed by atoms with Crippen LogP contribution in [0.5, 0.6) is 11.5 Å². The Bertz CT molecular complexity index is 417. The fraction of sp³-hybridized carbons (Fsp3) is 0.625. The number of fused-ring (bicyclic) bond motifs is 1. The van der Waals surface area contributed by atoms with Gasteiger partial charge in [-0.15, -0.1) is 0 Å². The van der Waals surface area contributed by atoms with Crippen molar-refractivity contribution in [2.24, 2.45) is 0 Å². The molecule has 1 aliphatic rings. The number of unbranched alkanes of at least 4 members (excludes halogenated alkanes) is 1. The number of hydrogen-bond acceptors (Lipinski definition) is 3. The Kier molecular flexibility index (Phi) is 5.08. The molecule has 1 aliphatic heterocycles. The van der Waals surface area contributed by atoms with Gasteiger partial charge in [0.05, 0.1) is 6.61 Å². The lowest BCUT2D eigenvalue weighted by atomic mass is 10.0. The van der Waals surface area contributed by atoms with E-state index in [1.807, 2.05) is 14.0 Å². The second-order valence-corrected chi connectivity index (χ2v) is 5.19. The van der Waals surface area contributed by atoms with Crippen molar-refractivity contribution in [2.75, 3.05) is 20.2 Å². The lowest BCUT2D eigenvalue weighted by Crippen LogP contribution is -2.07. The first kappa shape index (κ1) is 14.2. The summed E-state index contributed by atoms with van der Waals surface area (Å²) in [6.07, 6.45) is 4.72. The zero-order valence-electron chi connectivity index (χ0n) is 12.3. The highest BCUT2D eigenvalue weighted by Gasteiger charge is 2.21. The molecule has 0 aromatic heterocycles. The highest BCUT2D eigenvalue weighted by Crippen LogP contribution is 2.35. The zero-order chi connectivity index (χ0) is 13.7. The van der Waals surface area contributed by atoms with Gasteiger partial charge in [-0.3, -0.25) is 0 Å². The van der Waals surface area contributed by atoms with E-state index in [9.17, 15) is 0 Å². The summed E-state index contributed by atoms with van der Waals surface area (Å²) in [7, 11) is 2.00. The topological polar surface area (TPSA) is 30.5 Å². The Labute approximate surface area is 116 Å². The van der Waals surface area contributed by atoms with Crippen molar-refractivity contribution in [3.63, 3.8) is 0 Å². The van der Waals surface area contributed by atoms with Crippen molar-refractivity contribution in [1.82, 2.24) is 5.32 Å². The zero-order valence-corrected chi connectivity index (χ0v) is 12.3. The van der Waals surface area contributed by atoms with Gasteiger partial charge >= 0.3 is 0 Å². The van der Waals surface area contributed by atoms with Gasteiger partial charge in [0, 0.05) is 12.0 Å². The van der Waals surface area contributed by atoms with Gasteiger partial charge in [0.25, 0.3) is 0 Å². The number of ether oxygens (including phenoxy) is 2. The van der Waals surface area contributed by atoms with Gasteiger partial charge in [-0.25, -0.2) is 0 Å². The lowest BCUT2D eigenvalue weighted by molar-refractivity contribution is 0.254. The van der Waals surface area contributed by atoms with Crippen molar-refractivity contribution >= 4 is 0 Å². The summed E-state index contributed by atoms with van der Waals surface area (Å²) < 4.78 is 11.6. The summed E-state index contributed by atoms with van der Waals surface area (Å²) in [6.45, 7) is 5.95. The average Bonchev–Trinajstić information content (AvgIpc) is 2.74. The summed E-state index contributed by atoms with van der Waals surface area (Å²) in [5, 5.41) is 3.19. The molecule has 0 saturated heterocycles. The Hall–Kier alpha value is -1.22. The van der Waals surface area contributed by atoms with Crippen molar-refractivity contribution < 1.29 is 9.47 Å². The number of benzene rings is 1. The number of aryl methyl sites for hydroxylation is 1. The summed E-state index contributed by atoms with van der Waals surface area (Å²) in [4.78, 5) is 0. The Balaban J connectivity index is 2.09. The molecule has 0 radical (unpaired) electrons. The maximum absolute atomic E-state index is 5.84. The minimum Gasteiger partial charge on any atom is -0.494 e. The van der Waals surface area contributed by atoms with Gasteiger partial charge in [-0.2, -0.15) is 0 Å². The molecule has 1 unspecified atom stereocenters. The first-order valence-corrected chi connectivity index (χ1v) is 7.34. The molecule has 1 heterocycles. The Morgan fingerprint density at radius 3 is 2.95 bits per heavy atom. The van der Waals surface area contributed by atoms with Crippen molar-refractivity contribution in [3.8, 4) is 11.5 Å². The highest BCUT2D eigenvalue weighted by molar-refractivity contribution is 5.48. The minimum atomic E-state index is 0.295. The molecule has 1 atom stereocenters. The average molecular weight is 263 g/mol. The smallest absolute Gasteiger partial charge is 0.123 e. The van der Waals surface area contributed by atoms with Crippen LogP contribution in [0.4, 0.5) is 0 Å². The third kappa shape index (κ3) is 3.63. The van der Waals surface area contributed by atoms with E-state index in [-0.39, 0.29) is 0 Å². The van der Waals surface area contributed by atoms with Crippen LogP contribution in [0, 0.1) is 0 Å². The Morgan fingerprint density at radius 2 is 2.21 bits per heavy atom. The molecule has 0 amide bonds. The number of rotatable bonds is 7. The first-order chi connectivity index (χ1) is 9.24. The maximum Gasteiger partial charge on any atom is 0.123 e. The van der Waals surface area contributed by atoms with Crippen LogP contribution in [0.3, 0.4) is 0 Å². The van der Waals surface area contributed by atoms with Gasteiger partial charge in [0.2, 0.25) is 0 Å². The largest absolute Gasteiger partial charge is 0.494 e. The SMILES string of the molecule is CCOc1cc2c(cc1CCCCNC)OC(C)C2. The van der Waals surface area contributed by atoms with Crippen LogP contribution in [0.15, 0.2) is 12.1 Å². The maximum atomic E-state index is 5.84. The highest BCUT2D eigenvalue weighted by atomic mass is 16.5. The predicted octanol–water partition coefficient (Wildman–Crippen LogP) is 2.95. The molecule has 0 spiro atoms. The third-order valence-electron chi connectivity index (χ3n) is 3.50. The normalized spacial score (nSPS) is 17.1. The molecule has 1 aromatic carbocycles. The van der Waals surface area contributed by atoms with Crippen LogP contribution in [0.25, 0.3) is 0 Å². The second-order valence-electron chi connectivity index (χ2n) is 5.19. The van der Waals surface area contributed by atoms with Crippen molar-refractivity contribution in [2.45, 2.75) is 45.6 Å². The monoisotopic (exact) mass is 263 g/mol. The summed E-state index contributed by atoms with van der Waals surface area (Å²) in [6, 6.07) is 4.36. The van der Waals surface area contributed by atoms with E-state index in [2.05, 4.69) is 24.4 Å². The summed E-state index contributed by atoms with van der Waals surface area (Å²) >= 11 is 0. The lowest BCUT2D eigenvalue weighted by Gasteiger charge is -2.12. The van der Waals surface area contributed by atoms with Crippen LogP contribution < -0.4 is 14.8 Å². The van der Waals surface area contributed by atoms with Gasteiger partial charge in [-0.1, -0.05) is 0 Å². The summed E-state index contributed by atoms with van der Waals surface area (Å²) in [5.74, 6) is 2.10. The molecular weight excluding hydrogens is 238 g/mol. The molecule has 3 nitrogen and oxygen atoms in total. The quantitative estimate of drug-likeness (QED) is 0.767. The van der Waals surface area contributed by atoms with Crippen molar-refractivity contribution in [3.05, 3.63) is 23.3 Å². The summed E-state index contributed by atoms with van der Waals surface area (Å²) in [5.41, 5.74) is 2.57. The third-order valence-corrected chi connectivity index (χ3v) is 3.50. The van der Waals surface area contributed by atoms with Crippen molar-refractivity contribution in [1.29, 1.82) is 0 Å². The van der Waals surface area contributed by atoms with Crippen LogP contribution >= 0.6 is 0 Å². The first-order valence-electron chi connectivity index (χ1n) is 7.34. The fourth-order valence-electron chi connectivity index (χ4n) is 2.58. The predicted molar refractivity (Wildman–Crippen MR) is 78.3 cm³/mol. The molecule has 106 valence electrons. The van der Waals surface area contributed by atoms with E-state index >= 15 is 0 Å². The molecule has 19 heavy (non-hydrogen) atoms. The van der Waals surface area contributed by atoms with E-state index in [0.29, 0.717) is 6.10 Å². The van der Waals surface area contributed by atoms with Gasteiger partial charge < -0.3 is 14.8 Å². The van der Waals surface area contributed by atoms with E-state index in [1.54, 1.807) is 0 Å². The van der Waals surface area contributed by atoms with Gasteiger partial charge in [-0.05, 0) is 64.4 Å². The van der Waals surface area contributed by atoms with E-state index in [4.69, 9.17) is 9.47 Å². The second kappa shape index (κ2) is 6.80. The van der Waals surface area contributed by atoms with E-state index in [1.165, 1.54) is 24.0 Å². The van der Waals surface area contributed by atoms with Crippen LogP contribution in [-0.4, -0.2) is 26.3 Å². The molecule has 1 aromatic rings. The molecule has 0 aliphatic carbocycles. The molecule has 0 fully saturated rings. The van der Waals surface area contributed by atoms with E-state index in [0.717, 1.165) is 37.5 Å². The molecule has 0 bridgehead atoms. The van der Waals surface area contributed by atoms with E-state index < -0.39 is 0 Å². The number of nitrogens with one attached hydrogen (secondary N) is 1. The molecule has 0 saturated carbocycles. The standard InChI is InChI=1S/C16H25NO2/c1-4-18-15-11-14-9-12(2)19-16(14)10-13(15)7-5-6-8-17-3/h10-12,17H,4-9H2,1-3H3. The fourth-order valence-corrected chi connectivity index (χ4v) is 2.58. The molecule has 3 heteroatoms. The van der Waals surface area contributed by atoms with Crippen LogP contribution in [0.2, 0.25) is 0 Å². The van der Waals surface area contributed by atoms with Crippen LogP contribution in [-0.2, 0) is 12.8 Å².